The number of carboxylic acid groups (broad SMARTS) is 1. The zero-order valence-electron chi connectivity index (χ0n) is 12.4. The molecule has 20 heavy (non-hydrogen) atoms. The first-order valence-corrected chi connectivity index (χ1v) is 7.38. The van der Waals surface area contributed by atoms with E-state index in [-0.39, 0.29) is 17.9 Å². The molecule has 0 spiro atoms. The Morgan fingerprint density at radius 2 is 2.25 bits per heavy atom. The van der Waals surface area contributed by atoms with Crippen LogP contribution in [0.5, 0.6) is 0 Å². The fourth-order valence-corrected chi connectivity index (χ4v) is 2.40. The lowest BCUT2D eigenvalue weighted by Gasteiger charge is -2.34. The van der Waals surface area contributed by atoms with Gasteiger partial charge in [-0.2, -0.15) is 0 Å². The molecule has 6 heteroatoms. The molecule has 116 valence electrons. The number of rotatable bonds is 8. The molecule has 1 amide bonds. The van der Waals surface area contributed by atoms with E-state index in [1.165, 1.54) is 0 Å². The van der Waals surface area contributed by atoms with Gasteiger partial charge in [-0.1, -0.05) is 0 Å². The molecule has 0 bridgehead atoms. The van der Waals surface area contributed by atoms with Crippen LogP contribution in [0.4, 0.5) is 0 Å². The smallest absolute Gasteiger partial charge is 0.307 e. The van der Waals surface area contributed by atoms with Crippen LogP contribution in [-0.4, -0.2) is 60.8 Å². The first kappa shape index (κ1) is 16.9. The predicted octanol–water partition coefficient (Wildman–Crippen LogP) is 0.714. The van der Waals surface area contributed by atoms with Crippen molar-refractivity contribution in [3.63, 3.8) is 0 Å². The molecule has 1 saturated heterocycles. The molecule has 0 aromatic heterocycles. The molecule has 1 aliphatic rings. The first-order chi connectivity index (χ1) is 9.56. The Balaban J connectivity index is 2.30. The second kappa shape index (κ2) is 8.92. The number of nitrogens with zero attached hydrogens (tertiary/aromatic N) is 1. The van der Waals surface area contributed by atoms with Gasteiger partial charge in [0.05, 0.1) is 12.0 Å². The minimum atomic E-state index is -0.765. The van der Waals surface area contributed by atoms with Gasteiger partial charge in [-0.15, -0.1) is 0 Å². The number of carbonyl (C=O) groups excluding carboxylic acids is 1. The molecular weight excluding hydrogens is 260 g/mol. The van der Waals surface area contributed by atoms with Gasteiger partial charge in [0.25, 0.3) is 0 Å². The van der Waals surface area contributed by atoms with Crippen molar-refractivity contribution in [1.82, 2.24) is 10.2 Å². The Bertz CT molecular complexity index is 322. The molecule has 0 aliphatic carbocycles. The summed E-state index contributed by atoms with van der Waals surface area (Å²) in [6.07, 6.45) is 2.33. The third kappa shape index (κ3) is 5.46. The van der Waals surface area contributed by atoms with Gasteiger partial charge in [-0.3, -0.25) is 14.5 Å². The monoisotopic (exact) mass is 286 g/mol. The molecule has 2 atom stereocenters. The van der Waals surface area contributed by atoms with E-state index in [1.54, 1.807) is 0 Å². The van der Waals surface area contributed by atoms with Crippen molar-refractivity contribution in [2.24, 2.45) is 5.92 Å². The standard InChI is InChI=1S/C14H26N2O4/c1-3-20-9-5-7-15-13(17)11(2)16-8-4-6-12(10-16)14(18)19/h11-12H,3-10H2,1-2H3,(H,15,17)(H,18,19). The van der Waals surface area contributed by atoms with Crippen molar-refractivity contribution in [3.8, 4) is 0 Å². The highest BCUT2D eigenvalue weighted by Gasteiger charge is 2.30. The Morgan fingerprint density at radius 1 is 1.50 bits per heavy atom. The van der Waals surface area contributed by atoms with Crippen LogP contribution in [-0.2, 0) is 14.3 Å². The summed E-state index contributed by atoms with van der Waals surface area (Å²) in [5.41, 5.74) is 0. The highest BCUT2D eigenvalue weighted by Crippen LogP contribution is 2.18. The minimum absolute atomic E-state index is 0.0347. The molecule has 0 aromatic rings. The normalized spacial score (nSPS) is 21.4. The van der Waals surface area contributed by atoms with E-state index in [0.717, 1.165) is 19.4 Å². The molecule has 2 N–H and O–H groups in total. The third-order valence-electron chi connectivity index (χ3n) is 3.70. The minimum Gasteiger partial charge on any atom is -0.481 e. The predicted molar refractivity (Wildman–Crippen MR) is 75.5 cm³/mol. The van der Waals surface area contributed by atoms with Crippen LogP contribution in [0.15, 0.2) is 0 Å². The maximum Gasteiger partial charge on any atom is 0.307 e. The van der Waals surface area contributed by atoms with Crippen LogP contribution in [0.2, 0.25) is 0 Å². The maximum absolute atomic E-state index is 12.0. The lowest BCUT2D eigenvalue weighted by Crippen LogP contribution is -2.50. The van der Waals surface area contributed by atoms with Crippen LogP contribution in [0.1, 0.15) is 33.1 Å². The quantitative estimate of drug-likeness (QED) is 0.643. The molecule has 0 radical (unpaired) electrons. The molecule has 1 fully saturated rings. The molecular formula is C14H26N2O4. The SMILES string of the molecule is CCOCCCNC(=O)C(C)N1CCCC(C(=O)O)C1. The molecule has 2 unspecified atom stereocenters. The number of carboxylic acids is 1. The van der Waals surface area contributed by atoms with E-state index in [9.17, 15) is 9.59 Å². The number of nitrogens with one attached hydrogen (secondary N) is 1. The van der Waals surface area contributed by atoms with E-state index in [0.29, 0.717) is 32.7 Å². The Kier molecular flexibility index (Phi) is 7.54. The fraction of sp³-hybridized carbons (Fsp3) is 0.857. The van der Waals surface area contributed by atoms with Gasteiger partial charge >= 0.3 is 5.97 Å². The van der Waals surface area contributed by atoms with Crippen molar-refractivity contribution in [2.45, 2.75) is 39.2 Å². The Morgan fingerprint density at radius 3 is 2.90 bits per heavy atom. The number of piperidine rings is 1. The lowest BCUT2D eigenvalue weighted by molar-refractivity contribution is -0.145. The average molecular weight is 286 g/mol. The van der Waals surface area contributed by atoms with Gasteiger partial charge in [0.1, 0.15) is 0 Å². The summed E-state index contributed by atoms with van der Waals surface area (Å²) >= 11 is 0. The van der Waals surface area contributed by atoms with Gasteiger partial charge in [0, 0.05) is 26.3 Å². The van der Waals surface area contributed by atoms with Crippen LogP contribution >= 0.6 is 0 Å². The average Bonchev–Trinajstić information content (AvgIpc) is 2.46. The van der Waals surface area contributed by atoms with E-state index in [4.69, 9.17) is 9.84 Å². The second-order valence-electron chi connectivity index (χ2n) is 5.19. The van der Waals surface area contributed by atoms with Crippen LogP contribution in [0, 0.1) is 5.92 Å². The van der Waals surface area contributed by atoms with E-state index >= 15 is 0 Å². The molecule has 0 aromatic carbocycles. The molecule has 1 heterocycles. The summed E-state index contributed by atoms with van der Waals surface area (Å²) in [5, 5.41) is 11.9. The van der Waals surface area contributed by atoms with Crippen molar-refractivity contribution >= 4 is 11.9 Å². The Hall–Kier alpha value is -1.14. The number of likely N-dealkylation sites (tertiary alicyclic amines) is 1. The summed E-state index contributed by atoms with van der Waals surface area (Å²) in [7, 11) is 0. The number of carbonyl (C=O) groups is 2. The molecule has 1 rings (SSSR count). The number of ether oxygens (including phenoxy) is 1. The van der Waals surface area contributed by atoms with Crippen molar-refractivity contribution < 1.29 is 19.4 Å². The van der Waals surface area contributed by atoms with Crippen molar-refractivity contribution in [2.75, 3.05) is 32.8 Å². The maximum atomic E-state index is 12.0. The van der Waals surface area contributed by atoms with Crippen LogP contribution in [0.25, 0.3) is 0 Å². The Labute approximate surface area is 120 Å². The van der Waals surface area contributed by atoms with E-state index < -0.39 is 5.97 Å². The van der Waals surface area contributed by atoms with Crippen molar-refractivity contribution in [1.29, 1.82) is 0 Å². The number of aliphatic carboxylic acids is 1. The van der Waals surface area contributed by atoms with Crippen LogP contribution < -0.4 is 5.32 Å². The summed E-state index contributed by atoms with van der Waals surface area (Å²) in [6.45, 7) is 6.96. The zero-order valence-corrected chi connectivity index (χ0v) is 12.4. The number of hydrogen-bond acceptors (Lipinski definition) is 4. The topological polar surface area (TPSA) is 78.9 Å². The highest BCUT2D eigenvalue weighted by atomic mass is 16.5. The fourth-order valence-electron chi connectivity index (χ4n) is 2.40. The number of amides is 1. The summed E-state index contributed by atoms with van der Waals surface area (Å²) in [4.78, 5) is 25.0. The lowest BCUT2D eigenvalue weighted by atomic mass is 9.97. The van der Waals surface area contributed by atoms with Gasteiger partial charge in [-0.25, -0.2) is 0 Å². The van der Waals surface area contributed by atoms with Crippen molar-refractivity contribution in [3.05, 3.63) is 0 Å². The van der Waals surface area contributed by atoms with Crippen LogP contribution in [0.3, 0.4) is 0 Å². The summed E-state index contributed by atoms with van der Waals surface area (Å²) in [5.74, 6) is -1.15. The zero-order chi connectivity index (χ0) is 15.0. The largest absolute Gasteiger partial charge is 0.481 e. The highest BCUT2D eigenvalue weighted by molar-refractivity contribution is 5.81. The summed E-state index contributed by atoms with van der Waals surface area (Å²) < 4.78 is 5.21. The number of hydrogen-bond donors (Lipinski definition) is 2. The van der Waals surface area contributed by atoms with Gasteiger partial charge < -0.3 is 15.2 Å². The van der Waals surface area contributed by atoms with E-state index in [2.05, 4.69) is 5.32 Å². The molecule has 0 saturated carbocycles. The third-order valence-corrected chi connectivity index (χ3v) is 3.70. The first-order valence-electron chi connectivity index (χ1n) is 7.38. The van der Waals surface area contributed by atoms with Gasteiger partial charge in [0.2, 0.25) is 5.91 Å². The van der Waals surface area contributed by atoms with Gasteiger partial charge in [0.15, 0.2) is 0 Å². The molecule has 6 nitrogen and oxygen atoms in total. The van der Waals surface area contributed by atoms with Gasteiger partial charge in [-0.05, 0) is 39.7 Å². The van der Waals surface area contributed by atoms with E-state index in [1.807, 2.05) is 18.7 Å². The molecule has 1 aliphatic heterocycles. The second-order valence-corrected chi connectivity index (χ2v) is 5.19. The summed E-state index contributed by atoms with van der Waals surface area (Å²) in [6, 6.07) is -0.274.